The maximum Gasteiger partial charge on any atom is 0.161 e. The molecule has 1 fully saturated rings. The van der Waals surface area contributed by atoms with Crippen molar-refractivity contribution in [1.82, 2.24) is 10.3 Å². The topological polar surface area (TPSA) is 46.1 Å². The van der Waals surface area contributed by atoms with Gasteiger partial charge in [-0.25, -0.2) is 0 Å². The highest BCUT2D eigenvalue weighted by molar-refractivity contribution is 5.90. The van der Waals surface area contributed by atoms with Gasteiger partial charge in [-0.15, -0.1) is 0 Å². The number of hydrogen-bond donors (Lipinski definition) is 1. The Morgan fingerprint density at radius 2 is 2.18 bits per heavy atom. The van der Waals surface area contributed by atoms with Gasteiger partial charge >= 0.3 is 0 Å². The van der Waals surface area contributed by atoms with Gasteiger partial charge in [0, 0.05) is 31.1 Å². The Morgan fingerprint density at radius 1 is 1.32 bits per heavy atom. The van der Waals surface area contributed by atoms with Crippen molar-refractivity contribution in [3.05, 3.63) is 23.8 Å². The molecule has 2 atom stereocenters. The molecule has 0 bridgehead atoms. The highest BCUT2D eigenvalue weighted by Crippen LogP contribution is 2.36. The van der Waals surface area contributed by atoms with Crippen molar-refractivity contribution in [2.24, 2.45) is 11.0 Å². The minimum atomic E-state index is 0.231. The van der Waals surface area contributed by atoms with Gasteiger partial charge < -0.3 is 19.8 Å². The largest absolute Gasteiger partial charge is 0.493 e. The molecule has 0 aliphatic carbocycles. The molecule has 2 aliphatic rings. The van der Waals surface area contributed by atoms with Gasteiger partial charge in [-0.2, -0.15) is 5.10 Å². The summed E-state index contributed by atoms with van der Waals surface area (Å²) < 4.78 is 11.1. The molecule has 0 amide bonds. The first kappa shape index (κ1) is 15.2. The molecule has 120 valence electrons. The monoisotopic (exact) mass is 303 g/mol. The summed E-state index contributed by atoms with van der Waals surface area (Å²) in [4.78, 5) is 2.50. The van der Waals surface area contributed by atoms with E-state index in [1.54, 1.807) is 7.11 Å². The lowest BCUT2D eigenvalue weighted by atomic mass is 9.86. The predicted octanol–water partition coefficient (Wildman–Crippen LogP) is 2.44. The fourth-order valence-corrected chi connectivity index (χ4v) is 3.36. The third-order valence-corrected chi connectivity index (χ3v) is 4.61. The van der Waals surface area contributed by atoms with Crippen LogP contribution in [-0.4, -0.2) is 44.0 Å². The zero-order valence-electron chi connectivity index (χ0n) is 13.6. The highest BCUT2D eigenvalue weighted by Gasteiger charge is 2.36. The molecular formula is C17H25N3O2. The Hall–Kier alpha value is -1.75. The van der Waals surface area contributed by atoms with Gasteiger partial charge in [-0.3, -0.25) is 0 Å². The summed E-state index contributed by atoms with van der Waals surface area (Å²) in [6, 6.07) is 6.42. The number of piperidine rings is 1. The van der Waals surface area contributed by atoms with Crippen LogP contribution in [0.25, 0.3) is 0 Å². The molecule has 5 heteroatoms. The van der Waals surface area contributed by atoms with E-state index >= 15 is 0 Å². The summed E-state index contributed by atoms with van der Waals surface area (Å²) in [7, 11) is 1.67. The second kappa shape index (κ2) is 6.57. The van der Waals surface area contributed by atoms with E-state index in [9.17, 15) is 0 Å². The van der Waals surface area contributed by atoms with Gasteiger partial charge in [0.25, 0.3) is 0 Å². The average Bonchev–Trinajstić information content (AvgIpc) is 2.98. The first-order valence-electron chi connectivity index (χ1n) is 8.11. The quantitative estimate of drug-likeness (QED) is 0.907. The van der Waals surface area contributed by atoms with Crippen LogP contribution < -0.4 is 14.9 Å². The summed E-state index contributed by atoms with van der Waals surface area (Å²) in [5.41, 5.74) is 5.85. The lowest BCUT2D eigenvalue weighted by Gasteiger charge is -2.32. The molecule has 1 aromatic rings. The summed E-state index contributed by atoms with van der Waals surface area (Å²) >= 11 is 0. The predicted molar refractivity (Wildman–Crippen MR) is 87.7 cm³/mol. The van der Waals surface area contributed by atoms with Crippen LogP contribution >= 0.6 is 0 Å². The van der Waals surface area contributed by atoms with Gasteiger partial charge in [0.15, 0.2) is 11.5 Å². The normalized spacial score (nSPS) is 24.4. The van der Waals surface area contributed by atoms with Crippen LogP contribution in [0.2, 0.25) is 0 Å². The summed E-state index contributed by atoms with van der Waals surface area (Å²) in [6.07, 6.45) is 1.07. The number of nitrogens with one attached hydrogen (secondary N) is 1. The number of fused-ring (bicyclic) bond motifs is 1. The molecule has 22 heavy (non-hydrogen) atoms. The fraction of sp³-hybridized carbons (Fsp3) is 0.588. The van der Waals surface area contributed by atoms with Crippen LogP contribution in [-0.2, 0) is 0 Å². The summed E-state index contributed by atoms with van der Waals surface area (Å²) in [6.45, 7) is 8.13. The highest BCUT2D eigenvalue weighted by atomic mass is 16.5. The minimum Gasteiger partial charge on any atom is -0.493 e. The van der Waals surface area contributed by atoms with E-state index in [2.05, 4.69) is 34.5 Å². The van der Waals surface area contributed by atoms with Crippen molar-refractivity contribution >= 4 is 5.71 Å². The molecule has 1 N–H and O–H groups in total. The number of ether oxygens (including phenoxy) is 2. The van der Waals surface area contributed by atoms with Crippen LogP contribution in [0.4, 0.5) is 0 Å². The van der Waals surface area contributed by atoms with E-state index in [-0.39, 0.29) is 6.04 Å². The number of likely N-dealkylation sites (tertiary alicyclic amines) is 1. The Balaban J connectivity index is 1.83. The first-order chi connectivity index (χ1) is 10.8. The number of hydrazone groups is 1. The van der Waals surface area contributed by atoms with Crippen molar-refractivity contribution < 1.29 is 9.47 Å². The molecule has 5 nitrogen and oxygen atoms in total. The SMILES string of the molecule is CCOc1cc(C2NN=C3CCN(CC)CC32)ccc1OC. The Kier molecular flexibility index (Phi) is 4.52. The molecule has 2 aliphatic heterocycles. The van der Waals surface area contributed by atoms with E-state index in [1.807, 2.05) is 13.0 Å². The molecule has 2 unspecified atom stereocenters. The van der Waals surface area contributed by atoms with E-state index in [0.717, 1.165) is 37.6 Å². The average molecular weight is 303 g/mol. The third-order valence-electron chi connectivity index (χ3n) is 4.61. The Labute approximate surface area is 132 Å². The number of hydrogen-bond acceptors (Lipinski definition) is 5. The lowest BCUT2D eigenvalue weighted by molar-refractivity contribution is 0.238. The van der Waals surface area contributed by atoms with Crippen LogP contribution in [0.5, 0.6) is 11.5 Å². The number of rotatable bonds is 5. The van der Waals surface area contributed by atoms with Gasteiger partial charge in [-0.05, 0) is 31.2 Å². The van der Waals surface area contributed by atoms with Crippen molar-refractivity contribution in [2.45, 2.75) is 26.3 Å². The Morgan fingerprint density at radius 3 is 2.91 bits per heavy atom. The maximum atomic E-state index is 5.71. The second-order valence-electron chi connectivity index (χ2n) is 5.80. The van der Waals surface area contributed by atoms with Crippen molar-refractivity contribution in [3.63, 3.8) is 0 Å². The minimum absolute atomic E-state index is 0.231. The van der Waals surface area contributed by atoms with Gasteiger partial charge in [0.05, 0.1) is 19.8 Å². The van der Waals surface area contributed by atoms with E-state index in [1.165, 1.54) is 11.3 Å². The van der Waals surface area contributed by atoms with Gasteiger partial charge in [0.2, 0.25) is 0 Å². The van der Waals surface area contributed by atoms with E-state index in [4.69, 9.17) is 9.47 Å². The van der Waals surface area contributed by atoms with Crippen molar-refractivity contribution in [2.75, 3.05) is 33.4 Å². The molecule has 0 saturated carbocycles. The van der Waals surface area contributed by atoms with Crippen LogP contribution in [0.15, 0.2) is 23.3 Å². The Bertz CT molecular complexity index is 559. The molecule has 3 rings (SSSR count). The fourth-order valence-electron chi connectivity index (χ4n) is 3.36. The molecule has 1 aromatic carbocycles. The molecule has 0 aromatic heterocycles. The molecule has 2 heterocycles. The van der Waals surface area contributed by atoms with Crippen molar-refractivity contribution in [3.8, 4) is 11.5 Å². The van der Waals surface area contributed by atoms with Crippen LogP contribution in [0.3, 0.4) is 0 Å². The zero-order chi connectivity index (χ0) is 15.5. The lowest BCUT2D eigenvalue weighted by Crippen LogP contribution is -2.41. The summed E-state index contributed by atoms with van der Waals surface area (Å²) in [5.74, 6) is 2.04. The van der Waals surface area contributed by atoms with Gasteiger partial charge in [-0.1, -0.05) is 13.0 Å². The van der Waals surface area contributed by atoms with Crippen LogP contribution in [0.1, 0.15) is 31.9 Å². The van der Waals surface area contributed by atoms with E-state index < -0.39 is 0 Å². The molecule has 1 saturated heterocycles. The second-order valence-corrected chi connectivity index (χ2v) is 5.80. The number of benzene rings is 1. The van der Waals surface area contributed by atoms with E-state index in [0.29, 0.717) is 12.5 Å². The zero-order valence-corrected chi connectivity index (χ0v) is 13.6. The molecular weight excluding hydrogens is 278 g/mol. The van der Waals surface area contributed by atoms with Crippen LogP contribution in [0, 0.1) is 5.92 Å². The third kappa shape index (κ3) is 2.77. The maximum absolute atomic E-state index is 5.71. The van der Waals surface area contributed by atoms with Crippen molar-refractivity contribution in [1.29, 1.82) is 0 Å². The van der Waals surface area contributed by atoms with Gasteiger partial charge in [0.1, 0.15) is 0 Å². The summed E-state index contributed by atoms with van der Waals surface area (Å²) in [5, 5.41) is 4.57. The standard InChI is InChI=1S/C17H25N3O2/c1-4-20-9-8-14-13(11-20)17(19-18-14)12-6-7-15(21-3)16(10-12)22-5-2/h6-7,10,13,17,19H,4-5,8-9,11H2,1-3H3. The first-order valence-corrected chi connectivity index (χ1v) is 8.11. The number of nitrogens with zero attached hydrogens (tertiary/aromatic N) is 2. The number of methoxy groups -OCH3 is 1. The molecule has 0 spiro atoms. The molecule has 0 radical (unpaired) electrons. The smallest absolute Gasteiger partial charge is 0.161 e.